The molecule has 1 atom stereocenters. The molecule has 0 aromatic carbocycles. The summed E-state index contributed by atoms with van der Waals surface area (Å²) in [7, 11) is 1.86. The van der Waals surface area contributed by atoms with Crippen LogP contribution in [0.3, 0.4) is 0 Å². The number of aromatic nitrogens is 3. The first-order valence-electron chi connectivity index (χ1n) is 6.67. The summed E-state index contributed by atoms with van der Waals surface area (Å²) in [5, 5.41) is 4.47. The number of anilines is 1. The van der Waals surface area contributed by atoms with E-state index in [-0.39, 0.29) is 0 Å². The third-order valence-corrected chi connectivity index (χ3v) is 3.88. The van der Waals surface area contributed by atoms with E-state index in [0.29, 0.717) is 30.5 Å². The Balaban J connectivity index is 1.89. The van der Waals surface area contributed by atoms with E-state index >= 15 is 0 Å². The zero-order valence-electron chi connectivity index (χ0n) is 11.9. The lowest BCUT2D eigenvalue weighted by Gasteiger charge is -2.40. The third-order valence-electron chi connectivity index (χ3n) is 3.68. The van der Waals surface area contributed by atoms with Crippen LogP contribution >= 0.6 is 11.6 Å². The number of rotatable bonds is 2. The van der Waals surface area contributed by atoms with Crippen LogP contribution in [0.2, 0.25) is 5.02 Å². The lowest BCUT2D eigenvalue weighted by molar-refractivity contribution is -0.0470. The number of pyridine rings is 1. The molecule has 21 heavy (non-hydrogen) atoms. The number of halogens is 2. The second-order valence-corrected chi connectivity index (χ2v) is 5.80. The van der Waals surface area contributed by atoms with E-state index in [2.05, 4.69) is 10.1 Å². The topological polar surface area (TPSA) is 43.2 Å². The maximum Gasteiger partial charge on any atom is 0.167 e. The molecule has 0 bridgehead atoms. The fourth-order valence-corrected chi connectivity index (χ4v) is 2.70. The van der Waals surface area contributed by atoms with Crippen molar-refractivity contribution in [2.75, 3.05) is 24.6 Å². The minimum Gasteiger partial charge on any atom is -0.367 e. The zero-order valence-corrected chi connectivity index (χ0v) is 12.6. The number of aryl methyl sites for hydroxylation is 1. The van der Waals surface area contributed by atoms with Crippen LogP contribution in [0.4, 0.5) is 10.2 Å². The van der Waals surface area contributed by atoms with Gasteiger partial charge in [-0.3, -0.25) is 4.68 Å². The van der Waals surface area contributed by atoms with E-state index in [0.717, 1.165) is 5.56 Å². The molecule has 0 N–H and O–H groups in total. The maximum absolute atomic E-state index is 14.0. The molecule has 0 amide bonds. The zero-order chi connectivity index (χ0) is 15.0. The molecule has 1 unspecified atom stereocenters. The van der Waals surface area contributed by atoms with Crippen LogP contribution in [0.5, 0.6) is 0 Å². The van der Waals surface area contributed by atoms with E-state index in [1.54, 1.807) is 10.9 Å². The summed E-state index contributed by atoms with van der Waals surface area (Å²) in [6.07, 6.45) is 5.14. The van der Waals surface area contributed by atoms with Gasteiger partial charge in [0.2, 0.25) is 0 Å². The van der Waals surface area contributed by atoms with Gasteiger partial charge in [-0.15, -0.1) is 0 Å². The molecule has 0 radical (unpaired) electrons. The van der Waals surface area contributed by atoms with Crippen molar-refractivity contribution in [3.63, 3.8) is 0 Å². The summed E-state index contributed by atoms with van der Waals surface area (Å²) in [5.74, 6) is -0.115. The molecular weight excluding hydrogens is 295 g/mol. The molecule has 3 rings (SSSR count). The Kier molecular flexibility index (Phi) is 3.59. The Morgan fingerprint density at radius 1 is 1.43 bits per heavy atom. The van der Waals surface area contributed by atoms with Crippen molar-refractivity contribution < 1.29 is 9.13 Å². The molecule has 2 aromatic rings. The Hall–Kier alpha value is -1.66. The van der Waals surface area contributed by atoms with Crippen LogP contribution < -0.4 is 4.90 Å². The summed E-state index contributed by atoms with van der Waals surface area (Å²) in [4.78, 5) is 5.99. The molecule has 5 nitrogen and oxygen atoms in total. The standard InChI is InChI=1S/C14H16ClFN4O/c1-14(10-6-18-19(2)8-10)9-20(3-4-21-14)13-12(16)5-11(15)7-17-13/h5-8H,3-4,9H2,1-2H3. The van der Waals surface area contributed by atoms with E-state index in [9.17, 15) is 4.39 Å². The van der Waals surface area contributed by atoms with Gasteiger partial charge in [0.05, 0.1) is 24.4 Å². The minimum atomic E-state index is -0.541. The van der Waals surface area contributed by atoms with Crippen LogP contribution in [0, 0.1) is 5.82 Å². The van der Waals surface area contributed by atoms with Gasteiger partial charge in [0, 0.05) is 31.5 Å². The fourth-order valence-electron chi connectivity index (χ4n) is 2.56. The highest BCUT2D eigenvalue weighted by Gasteiger charge is 2.36. The van der Waals surface area contributed by atoms with Crippen molar-refractivity contribution >= 4 is 17.4 Å². The number of nitrogens with zero attached hydrogens (tertiary/aromatic N) is 4. The Morgan fingerprint density at radius 2 is 2.24 bits per heavy atom. The lowest BCUT2D eigenvalue weighted by atomic mass is 9.97. The molecule has 2 aromatic heterocycles. The first-order valence-corrected chi connectivity index (χ1v) is 7.05. The van der Waals surface area contributed by atoms with E-state index in [1.165, 1.54) is 12.3 Å². The molecule has 1 fully saturated rings. The van der Waals surface area contributed by atoms with E-state index in [1.807, 2.05) is 25.1 Å². The van der Waals surface area contributed by atoms with Gasteiger partial charge in [-0.25, -0.2) is 9.37 Å². The van der Waals surface area contributed by atoms with Crippen LogP contribution in [-0.2, 0) is 17.4 Å². The first kappa shape index (κ1) is 14.3. The predicted molar refractivity (Wildman–Crippen MR) is 77.9 cm³/mol. The van der Waals surface area contributed by atoms with Crippen LogP contribution in [0.1, 0.15) is 12.5 Å². The van der Waals surface area contributed by atoms with Crippen LogP contribution in [0.25, 0.3) is 0 Å². The SMILES string of the molecule is Cn1cc(C2(C)CN(c3ncc(Cl)cc3F)CCO2)cn1. The van der Waals surface area contributed by atoms with E-state index in [4.69, 9.17) is 16.3 Å². The van der Waals surface area contributed by atoms with Crippen molar-refractivity contribution in [1.29, 1.82) is 0 Å². The van der Waals surface area contributed by atoms with Gasteiger partial charge >= 0.3 is 0 Å². The Labute approximate surface area is 127 Å². The highest BCUT2D eigenvalue weighted by atomic mass is 35.5. The Bertz CT molecular complexity index is 662. The third kappa shape index (κ3) is 2.73. The second kappa shape index (κ2) is 5.27. The molecule has 0 spiro atoms. The maximum atomic E-state index is 14.0. The molecule has 0 saturated carbocycles. The van der Waals surface area contributed by atoms with Gasteiger partial charge < -0.3 is 9.64 Å². The molecule has 1 aliphatic rings. The highest BCUT2D eigenvalue weighted by molar-refractivity contribution is 6.30. The molecule has 0 aliphatic carbocycles. The van der Waals surface area contributed by atoms with Crippen molar-refractivity contribution in [3.05, 3.63) is 41.1 Å². The number of morpholine rings is 1. The lowest BCUT2D eigenvalue weighted by Crippen LogP contribution is -2.48. The summed E-state index contributed by atoms with van der Waals surface area (Å²) in [6.45, 7) is 3.56. The first-order chi connectivity index (χ1) is 9.98. The van der Waals surface area contributed by atoms with Crippen LogP contribution in [0.15, 0.2) is 24.7 Å². The molecule has 7 heteroatoms. The summed E-state index contributed by atoms with van der Waals surface area (Å²) >= 11 is 5.75. The number of hydrogen-bond donors (Lipinski definition) is 0. The smallest absolute Gasteiger partial charge is 0.167 e. The van der Waals surface area contributed by atoms with Gasteiger partial charge in [0.1, 0.15) is 5.60 Å². The largest absolute Gasteiger partial charge is 0.367 e. The fraction of sp³-hybridized carbons (Fsp3) is 0.429. The average Bonchev–Trinajstić information content (AvgIpc) is 2.86. The van der Waals surface area contributed by atoms with Gasteiger partial charge in [0.15, 0.2) is 11.6 Å². The average molecular weight is 311 g/mol. The number of hydrogen-bond acceptors (Lipinski definition) is 4. The Morgan fingerprint density at radius 3 is 2.90 bits per heavy atom. The van der Waals surface area contributed by atoms with E-state index < -0.39 is 11.4 Å². The van der Waals surface area contributed by atoms with Gasteiger partial charge in [0.25, 0.3) is 0 Å². The second-order valence-electron chi connectivity index (χ2n) is 5.36. The van der Waals surface area contributed by atoms with Gasteiger partial charge in [-0.2, -0.15) is 5.10 Å². The summed E-state index contributed by atoms with van der Waals surface area (Å²) < 4.78 is 21.7. The monoisotopic (exact) mass is 310 g/mol. The summed E-state index contributed by atoms with van der Waals surface area (Å²) in [5.41, 5.74) is 0.421. The molecule has 1 aliphatic heterocycles. The van der Waals surface area contributed by atoms with Crippen molar-refractivity contribution in [3.8, 4) is 0 Å². The summed E-state index contributed by atoms with van der Waals surface area (Å²) in [6, 6.07) is 1.28. The van der Waals surface area contributed by atoms with Crippen molar-refractivity contribution in [2.24, 2.45) is 7.05 Å². The molecular formula is C14H16ClFN4O. The van der Waals surface area contributed by atoms with Gasteiger partial charge in [-0.1, -0.05) is 11.6 Å². The quantitative estimate of drug-likeness (QED) is 0.854. The van der Waals surface area contributed by atoms with Crippen molar-refractivity contribution in [1.82, 2.24) is 14.8 Å². The van der Waals surface area contributed by atoms with Crippen LogP contribution in [-0.4, -0.2) is 34.5 Å². The normalized spacial score (nSPS) is 22.6. The van der Waals surface area contributed by atoms with Crippen molar-refractivity contribution in [2.45, 2.75) is 12.5 Å². The molecule has 1 saturated heterocycles. The highest BCUT2D eigenvalue weighted by Crippen LogP contribution is 2.32. The van der Waals surface area contributed by atoms with Gasteiger partial charge in [-0.05, 0) is 13.0 Å². The number of ether oxygens (including phenoxy) is 1. The predicted octanol–water partition coefficient (Wildman–Crippen LogP) is 2.36. The minimum absolute atomic E-state index is 0.291. The molecule has 112 valence electrons. The molecule has 3 heterocycles.